The van der Waals surface area contributed by atoms with E-state index >= 15 is 0 Å². The molecule has 4 aromatic carbocycles. The Balaban J connectivity index is 1.30. The van der Waals surface area contributed by atoms with E-state index < -0.39 is 5.92 Å². The molecular weight excluding hydrogens is 580 g/mol. The zero-order valence-electron chi connectivity index (χ0n) is 23.1. The Hall–Kier alpha value is -4.97. The standard InChI is InChI=1S/C34H27ClN4O3S/c1-22-31(33(41)39-26-14-12-24(35)13-15-26)32(23-8-4-2-5-9-23)29(20-36)34(37-22)43-21-30(40)38-25-16-18-28(19-17-25)42-27-10-6-3-7-11-27/h2-19,32,37H,21H2,1H3,(H,38,40)(H,39,41)/t32-/m1/s1. The van der Waals surface area contributed by atoms with E-state index in [1.165, 1.54) is 11.8 Å². The molecule has 0 saturated heterocycles. The van der Waals surface area contributed by atoms with Gasteiger partial charge in [-0.1, -0.05) is 71.9 Å². The Bertz CT molecular complexity index is 1720. The van der Waals surface area contributed by atoms with Crippen LogP contribution in [0, 0.1) is 11.3 Å². The number of anilines is 2. The zero-order chi connectivity index (χ0) is 30.2. The third-order valence-electron chi connectivity index (χ3n) is 6.59. The van der Waals surface area contributed by atoms with E-state index in [0.29, 0.717) is 44.0 Å². The van der Waals surface area contributed by atoms with Crippen molar-refractivity contribution in [1.82, 2.24) is 5.32 Å². The maximum atomic E-state index is 13.6. The van der Waals surface area contributed by atoms with Gasteiger partial charge >= 0.3 is 0 Å². The number of hydrogen-bond donors (Lipinski definition) is 3. The van der Waals surface area contributed by atoms with E-state index in [-0.39, 0.29) is 17.6 Å². The van der Waals surface area contributed by atoms with Crippen LogP contribution in [0.5, 0.6) is 11.5 Å². The summed E-state index contributed by atoms with van der Waals surface area (Å²) in [6, 6.07) is 35.0. The number of halogens is 1. The Kier molecular flexibility index (Phi) is 9.47. The summed E-state index contributed by atoms with van der Waals surface area (Å²) in [7, 11) is 0. The molecule has 43 heavy (non-hydrogen) atoms. The second-order valence-electron chi connectivity index (χ2n) is 9.60. The number of para-hydroxylation sites is 1. The molecule has 1 aliphatic rings. The second-order valence-corrected chi connectivity index (χ2v) is 11.0. The summed E-state index contributed by atoms with van der Waals surface area (Å²) >= 11 is 7.21. The number of nitriles is 1. The summed E-state index contributed by atoms with van der Waals surface area (Å²) in [6.45, 7) is 1.79. The fourth-order valence-electron chi connectivity index (χ4n) is 4.60. The molecule has 0 aromatic heterocycles. The van der Waals surface area contributed by atoms with Gasteiger partial charge in [0.1, 0.15) is 11.5 Å². The first kappa shape index (κ1) is 29.5. The molecule has 0 radical (unpaired) electrons. The topological polar surface area (TPSA) is 103 Å². The lowest BCUT2D eigenvalue weighted by molar-refractivity contribution is -0.114. The normalized spacial score (nSPS) is 14.4. The van der Waals surface area contributed by atoms with Crippen molar-refractivity contribution in [2.75, 3.05) is 16.4 Å². The third-order valence-corrected chi connectivity index (χ3v) is 7.86. The first-order valence-electron chi connectivity index (χ1n) is 13.4. The van der Waals surface area contributed by atoms with Crippen molar-refractivity contribution in [2.45, 2.75) is 12.8 Å². The molecule has 214 valence electrons. The average Bonchev–Trinajstić information content (AvgIpc) is 3.02. The number of carbonyl (C=O) groups excluding carboxylic acids is 2. The van der Waals surface area contributed by atoms with E-state index in [1.54, 1.807) is 55.5 Å². The summed E-state index contributed by atoms with van der Waals surface area (Å²) < 4.78 is 5.81. The fraction of sp³-hybridized carbons (Fsp3) is 0.0882. The fourth-order valence-corrected chi connectivity index (χ4v) is 5.62. The Morgan fingerprint density at radius 3 is 2.09 bits per heavy atom. The largest absolute Gasteiger partial charge is 0.457 e. The summed E-state index contributed by atoms with van der Waals surface area (Å²) in [4.78, 5) is 26.4. The van der Waals surface area contributed by atoms with Crippen LogP contribution in [-0.4, -0.2) is 17.6 Å². The maximum Gasteiger partial charge on any atom is 0.254 e. The molecule has 9 heteroatoms. The Morgan fingerprint density at radius 2 is 1.44 bits per heavy atom. The number of amides is 2. The van der Waals surface area contributed by atoms with Crippen molar-refractivity contribution in [2.24, 2.45) is 0 Å². The number of ether oxygens (including phenoxy) is 1. The molecule has 5 rings (SSSR count). The molecular formula is C34H27ClN4O3S. The SMILES string of the molecule is CC1=C(C(=O)Nc2ccc(Cl)cc2)[C@H](c2ccccc2)C(C#N)=C(SCC(=O)Nc2ccc(Oc3ccccc3)cc2)N1. The van der Waals surface area contributed by atoms with Gasteiger partial charge in [0.05, 0.1) is 28.3 Å². The summed E-state index contributed by atoms with van der Waals surface area (Å²) in [6.07, 6.45) is 0. The minimum absolute atomic E-state index is 0.0525. The first-order chi connectivity index (χ1) is 20.9. The van der Waals surface area contributed by atoms with Crippen LogP contribution in [0.1, 0.15) is 18.4 Å². The summed E-state index contributed by atoms with van der Waals surface area (Å²) in [5.41, 5.74) is 3.37. The molecule has 4 aromatic rings. The number of nitrogens with one attached hydrogen (secondary N) is 3. The van der Waals surface area contributed by atoms with Crippen molar-refractivity contribution >= 4 is 46.6 Å². The number of thioether (sulfide) groups is 1. The highest BCUT2D eigenvalue weighted by atomic mass is 35.5. The van der Waals surface area contributed by atoms with Gasteiger partial charge in [-0.2, -0.15) is 5.26 Å². The number of hydrogen-bond acceptors (Lipinski definition) is 6. The lowest BCUT2D eigenvalue weighted by Gasteiger charge is -2.30. The first-order valence-corrected chi connectivity index (χ1v) is 14.8. The van der Waals surface area contributed by atoms with Crippen LogP contribution in [0.25, 0.3) is 0 Å². The van der Waals surface area contributed by atoms with Gasteiger partial charge < -0.3 is 20.7 Å². The van der Waals surface area contributed by atoms with Gasteiger partial charge in [0.25, 0.3) is 5.91 Å². The third kappa shape index (κ3) is 7.46. The van der Waals surface area contributed by atoms with Crippen LogP contribution in [-0.2, 0) is 9.59 Å². The van der Waals surface area contributed by atoms with Crippen LogP contribution in [0.2, 0.25) is 5.02 Å². The van der Waals surface area contributed by atoms with Crippen molar-refractivity contribution in [3.63, 3.8) is 0 Å². The zero-order valence-corrected chi connectivity index (χ0v) is 24.7. The number of carbonyl (C=O) groups is 2. The molecule has 1 heterocycles. The summed E-state index contributed by atoms with van der Waals surface area (Å²) in [5.74, 6) is 0.229. The molecule has 7 nitrogen and oxygen atoms in total. The molecule has 0 saturated carbocycles. The lowest BCUT2D eigenvalue weighted by atomic mass is 9.82. The van der Waals surface area contributed by atoms with Gasteiger partial charge in [0, 0.05) is 27.7 Å². The molecule has 3 N–H and O–H groups in total. The number of dihydropyridines is 1. The predicted octanol–water partition coefficient (Wildman–Crippen LogP) is 7.84. The Labute approximate surface area is 259 Å². The van der Waals surface area contributed by atoms with Gasteiger partial charge in [-0.15, -0.1) is 0 Å². The van der Waals surface area contributed by atoms with Crippen molar-refractivity contribution in [1.29, 1.82) is 5.26 Å². The minimum Gasteiger partial charge on any atom is -0.457 e. The van der Waals surface area contributed by atoms with E-state index in [4.69, 9.17) is 16.3 Å². The molecule has 0 spiro atoms. The van der Waals surface area contributed by atoms with E-state index in [1.807, 2.05) is 60.7 Å². The average molecular weight is 607 g/mol. The van der Waals surface area contributed by atoms with Gasteiger partial charge in [-0.25, -0.2) is 0 Å². The van der Waals surface area contributed by atoms with Crippen LogP contribution in [0.15, 0.2) is 131 Å². The smallest absolute Gasteiger partial charge is 0.254 e. The number of nitrogens with zero attached hydrogens (tertiary/aromatic N) is 1. The number of rotatable bonds is 9. The highest BCUT2D eigenvalue weighted by molar-refractivity contribution is 8.03. The number of allylic oxidation sites excluding steroid dienone is 2. The van der Waals surface area contributed by atoms with Crippen LogP contribution >= 0.6 is 23.4 Å². The number of benzene rings is 4. The van der Waals surface area contributed by atoms with Gasteiger partial charge in [0.15, 0.2) is 0 Å². The molecule has 0 fully saturated rings. The van der Waals surface area contributed by atoms with E-state index in [2.05, 4.69) is 22.0 Å². The highest BCUT2D eigenvalue weighted by Gasteiger charge is 2.34. The van der Waals surface area contributed by atoms with Crippen molar-refractivity contribution < 1.29 is 14.3 Å². The molecule has 0 bridgehead atoms. The Morgan fingerprint density at radius 1 is 0.860 bits per heavy atom. The van der Waals surface area contributed by atoms with E-state index in [9.17, 15) is 14.9 Å². The molecule has 0 aliphatic carbocycles. The molecule has 0 unspecified atom stereocenters. The van der Waals surface area contributed by atoms with Gasteiger partial charge in [0.2, 0.25) is 5.91 Å². The predicted molar refractivity (Wildman–Crippen MR) is 172 cm³/mol. The van der Waals surface area contributed by atoms with Crippen LogP contribution in [0.4, 0.5) is 11.4 Å². The van der Waals surface area contributed by atoms with E-state index in [0.717, 1.165) is 11.3 Å². The second kappa shape index (κ2) is 13.8. The lowest BCUT2D eigenvalue weighted by Crippen LogP contribution is -2.31. The molecule has 2 amide bonds. The van der Waals surface area contributed by atoms with Crippen LogP contribution in [0.3, 0.4) is 0 Å². The highest BCUT2D eigenvalue weighted by Crippen LogP contribution is 2.41. The van der Waals surface area contributed by atoms with Crippen molar-refractivity contribution in [3.8, 4) is 17.6 Å². The monoisotopic (exact) mass is 606 g/mol. The quantitative estimate of drug-likeness (QED) is 0.179. The molecule has 1 atom stereocenters. The summed E-state index contributed by atoms with van der Waals surface area (Å²) in [5, 5.41) is 20.4. The van der Waals surface area contributed by atoms with Gasteiger partial charge in [-0.3, -0.25) is 9.59 Å². The van der Waals surface area contributed by atoms with Crippen LogP contribution < -0.4 is 20.7 Å². The minimum atomic E-state index is -0.623. The van der Waals surface area contributed by atoms with Gasteiger partial charge in [-0.05, 0) is 73.2 Å². The molecule has 1 aliphatic heterocycles. The maximum absolute atomic E-state index is 13.6. The van der Waals surface area contributed by atoms with Crippen molar-refractivity contribution in [3.05, 3.63) is 142 Å².